The van der Waals surface area contributed by atoms with Crippen molar-refractivity contribution < 1.29 is 54.7 Å². The van der Waals surface area contributed by atoms with Crippen molar-refractivity contribution >= 4 is 21.6 Å². The van der Waals surface area contributed by atoms with Gasteiger partial charge in [-0.25, -0.2) is 0 Å². The van der Waals surface area contributed by atoms with Crippen LogP contribution in [0, 0.1) is 17.8 Å². The minimum atomic E-state index is -1.01. The molecule has 14 heteroatoms. The third-order valence-corrected chi connectivity index (χ3v) is 13.4. The number of hydrogen-bond donors (Lipinski definition) is 8. The van der Waals surface area contributed by atoms with Crippen LogP contribution in [0.25, 0.3) is 0 Å². The van der Waals surface area contributed by atoms with E-state index in [-0.39, 0.29) is 66.2 Å². The molecule has 294 valence electrons. The molecule has 2 aromatic rings. The molecular formula is C38H59NO11S2. The van der Waals surface area contributed by atoms with Crippen molar-refractivity contribution in [3.63, 3.8) is 0 Å². The van der Waals surface area contributed by atoms with Crippen LogP contribution in [0.2, 0.25) is 0 Å². The van der Waals surface area contributed by atoms with Gasteiger partial charge in [0, 0.05) is 30.1 Å². The van der Waals surface area contributed by atoms with E-state index in [9.17, 15) is 35.7 Å². The molecule has 1 saturated carbocycles. The Morgan fingerprint density at radius 1 is 0.827 bits per heavy atom. The maximum atomic E-state index is 11.6. The van der Waals surface area contributed by atoms with Gasteiger partial charge in [0.25, 0.3) is 0 Å². The highest BCUT2D eigenvalue weighted by Gasteiger charge is 2.34. The van der Waals surface area contributed by atoms with Crippen LogP contribution < -0.4 is 19.5 Å². The monoisotopic (exact) mass is 769 g/mol. The molecule has 2 aromatic carbocycles. The highest BCUT2D eigenvalue weighted by molar-refractivity contribution is 8.76. The summed E-state index contributed by atoms with van der Waals surface area (Å²) in [6.45, 7) is 0.455. The number of ether oxygens (including phenoxy) is 4. The van der Waals surface area contributed by atoms with E-state index in [1.165, 1.54) is 35.8 Å². The quantitative estimate of drug-likeness (QED) is 0.0944. The van der Waals surface area contributed by atoms with E-state index in [0.717, 1.165) is 49.8 Å². The van der Waals surface area contributed by atoms with E-state index in [0.29, 0.717) is 42.4 Å². The fourth-order valence-corrected chi connectivity index (χ4v) is 10.6. The van der Waals surface area contributed by atoms with Crippen LogP contribution in [0.15, 0.2) is 24.3 Å². The first-order chi connectivity index (χ1) is 25.1. The second kappa shape index (κ2) is 21.7. The molecule has 2 aliphatic rings. The highest BCUT2D eigenvalue weighted by atomic mass is 33.1. The van der Waals surface area contributed by atoms with Crippen molar-refractivity contribution in [2.45, 2.75) is 93.9 Å². The number of benzene rings is 2. The lowest BCUT2D eigenvalue weighted by molar-refractivity contribution is -0.0808. The maximum absolute atomic E-state index is 11.6. The molecule has 0 radical (unpaired) electrons. The van der Waals surface area contributed by atoms with Gasteiger partial charge in [-0.3, -0.25) is 0 Å². The molecular weight excluding hydrogens is 711 g/mol. The van der Waals surface area contributed by atoms with Crippen molar-refractivity contribution in [1.29, 1.82) is 0 Å². The first-order valence-corrected chi connectivity index (χ1v) is 20.7. The zero-order valence-electron chi connectivity index (χ0n) is 30.6. The molecule has 1 fully saturated rings. The molecule has 8 N–H and O–H groups in total. The number of aliphatic hydroxyl groups excluding tert-OH is 5. The fraction of sp³-hybridized carbons (Fsp3) is 0.684. The molecule has 0 unspecified atom stereocenters. The Morgan fingerprint density at radius 2 is 1.58 bits per heavy atom. The lowest BCUT2D eigenvalue weighted by Crippen LogP contribution is -2.38. The number of phenolic OH excluding ortho intramolecular Hbond substituents is 2. The van der Waals surface area contributed by atoms with E-state index in [4.69, 9.17) is 18.9 Å². The Hall–Kier alpha value is -2.14. The molecule has 52 heavy (non-hydrogen) atoms. The summed E-state index contributed by atoms with van der Waals surface area (Å²) < 4.78 is 22.9. The van der Waals surface area contributed by atoms with Gasteiger partial charge in [0.15, 0.2) is 23.0 Å². The number of aryl methyl sites for hydroxylation is 1. The summed E-state index contributed by atoms with van der Waals surface area (Å²) in [5.41, 5.74) is 2.47. The fourth-order valence-electron chi connectivity index (χ4n) is 7.73. The molecule has 0 aromatic heterocycles. The summed E-state index contributed by atoms with van der Waals surface area (Å²) in [6.07, 6.45) is 3.48. The van der Waals surface area contributed by atoms with Gasteiger partial charge in [0.05, 0.1) is 38.6 Å². The number of nitrogens with one attached hydrogen (secondary N) is 1. The van der Waals surface area contributed by atoms with Gasteiger partial charge in [-0.05, 0) is 131 Å². The standard InChI is InChI=1S/C38H59NO11S2/c1-39-20-26-7-9-28(16-24(26)5-4-11-40)50-34-17-25-6-8-27(49-22-42)18-31(43)30(13-23-14-35(47-2)38(46)36(15-23)48-3)33(45)21-51-52-37(10-12-41)29(25)19-32(34)44/h14-15,17,19,24,26-28,30-31,33,37,39-46H,4-13,16,18,20-22H2,1-3H3/t24-,26-,27+,28-,30+,31-,33+,37+/m1/s1. The number of methoxy groups -OCH3 is 2. The molecule has 0 bridgehead atoms. The van der Waals surface area contributed by atoms with E-state index in [2.05, 4.69) is 5.32 Å². The van der Waals surface area contributed by atoms with Gasteiger partial charge in [-0.1, -0.05) is 21.6 Å². The van der Waals surface area contributed by atoms with Crippen molar-refractivity contribution in [1.82, 2.24) is 5.32 Å². The smallest absolute Gasteiger partial charge is 0.200 e. The van der Waals surface area contributed by atoms with Crippen LogP contribution in [-0.4, -0.2) is 114 Å². The number of phenols is 2. The van der Waals surface area contributed by atoms with Gasteiger partial charge in [0.1, 0.15) is 6.79 Å². The topological polar surface area (TPSA) is 191 Å². The molecule has 1 heterocycles. The lowest BCUT2D eigenvalue weighted by Gasteiger charge is -2.36. The van der Waals surface area contributed by atoms with Gasteiger partial charge >= 0.3 is 0 Å². The largest absolute Gasteiger partial charge is 0.504 e. The Balaban J connectivity index is 1.61. The van der Waals surface area contributed by atoms with E-state index in [1.54, 1.807) is 18.2 Å². The average Bonchev–Trinajstić information content (AvgIpc) is 3.14. The van der Waals surface area contributed by atoms with Crippen LogP contribution >= 0.6 is 21.6 Å². The van der Waals surface area contributed by atoms with Crippen LogP contribution in [0.5, 0.6) is 28.7 Å². The first kappa shape index (κ1) is 42.6. The Labute approximate surface area is 315 Å². The Kier molecular flexibility index (Phi) is 17.8. The molecule has 0 amide bonds. The summed E-state index contributed by atoms with van der Waals surface area (Å²) in [7, 11) is 7.78. The summed E-state index contributed by atoms with van der Waals surface area (Å²) in [5, 5.41) is 77.4. The Morgan fingerprint density at radius 3 is 2.23 bits per heavy atom. The predicted molar refractivity (Wildman–Crippen MR) is 203 cm³/mol. The maximum Gasteiger partial charge on any atom is 0.200 e. The van der Waals surface area contributed by atoms with Crippen LogP contribution in [0.4, 0.5) is 0 Å². The zero-order chi connectivity index (χ0) is 37.6. The first-order valence-electron chi connectivity index (χ1n) is 18.4. The van der Waals surface area contributed by atoms with E-state index >= 15 is 0 Å². The summed E-state index contributed by atoms with van der Waals surface area (Å²) in [6, 6.07) is 6.94. The lowest BCUT2D eigenvalue weighted by atomic mass is 9.75. The van der Waals surface area contributed by atoms with Gasteiger partial charge in [-0.2, -0.15) is 0 Å². The summed E-state index contributed by atoms with van der Waals surface area (Å²) in [5.74, 6) is 1.26. The average molecular weight is 770 g/mol. The van der Waals surface area contributed by atoms with Gasteiger partial charge in [0.2, 0.25) is 5.75 Å². The van der Waals surface area contributed by atoms with Crippen molar-refractivity contribution in [2.24, 2.45) is 17.8 Å². The van der Waals surface area contributed by atoms with Crippen LogP contribution in [0.1, 0.15) is 73.3 Å². The third kappa shape index (κ3) is 11.7. The highest BCUT2D eigenvalue weighted by Crippen LogP contribution is 2.47. The molecule has 4 rings (SSSR count). The van der Waals surface area contributed by atoms with Crippen LogP contribution in [-0.2, 0) is 17.6 Å². The number of aromatic hydroxyl groups is 2. The predicted octanol–water partition coefficient (Wildman–Crippen LogP) is 4.33. The van der Waals surface area contributed by atoms with Gasteiger partial charge < -0.3 is 60.0 Å². The van der Waals surface area contributed by atoms with Gasteiger partial charge in [-0.15, -0.1) is 0 Å². The SMILES string of the molecule is CNC[C@H]1CC[C@@H](Oc2cc3c(cc2O)[C@H](CCO)SSC[C@H](O)[C@@H](Cc2cc(OC)c(O)c(OC)c2)[C@H](O)C[C@@H](OCO)CC3)C[C@H]1CCCO. The van der Waals surface area contributed by atoms with E-state index < -0.39 is 31.0 Å². The van der Waals surface area contributed by atoms with Crippen LogP contribution in [0.3, 0.4) is 0 Å². The van der Waals surface area contributed by atoms with Crippen molar-refractivity contribution in [3.05, 3.63) is 41.0 Å². The number of hydrogen-bond acceptors (Lipinski definition) is 14. The van der Waals surface area contributed by atoms with E-state index in [1.807, 2.05) is 13.1 Å². The van der Waals surface area contributed by atoms with Crippen molar-refractivity contribution in [3.8, 4) is 28.7 Å². The number of aliphatic hydroxyl groups is 5. The second-order valence-corrected chi connectivity index (χ2v) is 16.6. The zero-order valence-corrected chi connectivity index (χ0v) is 32.2. The summed E-state index contributed by atoms with van der Waals surface area (Å²) in [4.78, 5) is 0. The normalized spacial score (nSPS) is 27.5. The molecule has 0 saturated heterocycles. The second-order valence-electron chi connectivity index (χ2n) is 13.9. The number of fused-ring (bicyclic) bond motifs is 1. The Bertz CT molecular complexity index is 1350. The molecule has 8 atom stereocenters. The molecule has 0 spiro atoms. The molecule has 1 aliphatic carbocycles. The summed E-state index contributed by atoms with van der Waals surface area (Å²) >= 11 is 0. The number of rotatable bonds is 15. The third-order valence-electron chi connectivity index (χ3n) is 10.5. The molecule has 1 aliphatic heterocycles. The molecule has 12 nitrogen and oxygen atoms in total. The minimum absolute atomic E-state index is 0.0271. The van der Waals surface area contributed by atoms with Crippen molar-refractivity contribution in [2.75, 3.05) is 53.6 Å². The minimum Gasteiger partial charge on any atom is -0.504 e.